The van der Waals surface area contributed by atoms with Crippen LogP contribution >= 0.6 is 0 Å². The summed E-state index contributed by atoms with van der Waals surface area (Å²) in [7, 11) is 0. The molecule has 0 fully saturated rings. The summed E-state index contributed by atoms with van der Waals surface area (Å²) >= 11 is 0. The molecule has 0 saturated carbocycles. The Hall–Kier alpha value is -2.96. The topological polar surface area (TPSA) is 99.5 Å². The van der Waals surface area contributed by atoms with E-state index in [2.05, 4.69) is 10.3 Å². The Balaban J connectivity index is 2.19. The number of phenolic OH excluding ortho intramolecular Hbond substituents is 1. The Morgan fingerprint density at radius 3 is 2.50 bits per heavy atom. The third-order valence-electron chi connectivity index (χ3n) is 2.45. The van der Waals surface area contributed by atoms with Gasteiger partial charge in [-0.2, -0.15) is 0 Å². The SMILES string of the molecule is O=C(O)c1ccc(NC(=O)c2ccc(F)cn2)c(O)c1. The number of carboxylic acids is 1. The molecule has 0 bridgehead atoms. The van der Waals surface area contributed by atoms with Gasteiger partial charge in [0.1, 0.15) is 17.3 Å². The first kappa shape index (κ1) is 13.5. The lowest BCUT2D eigenvalue weighted by Crippen LogP contribution is -2.14. The van der Waals surface area contributed by atoms with Gasteiger partial charge in [0.05, 0.1) is 17.4 Å². The molecule has 0 spiro atoms. The number of nitrogens with one attached hydrogen (secondary N) is 1. The molecule has 0 atom stereocenters. The van der Waals surface area contributed by atoms with E-state index in [0.717, 1.165) is 18.3 Å². The number of anilines is 1. The molecular weight excluding hydrogens is 267 g/mol. The van der Waals surface area contributed by atoms with E-state index < -0.39 is 17.7 Å². The van der Waals surface area contributed by atoms with Crippen LogP contribution in [0.1, 0.15) is 20.8 Å². The van der Waals surface area contributed by atoms with E-state index in [-0.39, 0.29) is 22.7 Å². The standard InChI is InChI=1S/C13H9FN2O4/c14-8-2-4-10(15-6-8)12(18)16-9-3-1-7(13(19)20)5-11(9)17/h1-6,17H,(H,16,18)(H,19,20). The number of phenols is 1. The monoisotopic (exact) mass is 276 g/mol. The van der Waals surface area contributed by atoms with Crippen LogP contribution in [0.3, 0.4) is 0 Å². The lowest BCUT2D eigenvalue weighted by Gasteiger charge is -2.07. The number of benzene rings is 1. The van der Waals surface area contributed by atoms with Crippen molar-refractivity contribution in [2.45, 2.75) is 0 Å². The van der Waals surface area contributed by atoms with Crippen molar-refractivity contribution in [3.05, 3.63) is 53.6 Å². The van der Waals surface area contributed by atoms with Gasteiger partial charge < -0.3 is 15.5 Å². The summed E-state index contributed by atoms with van der Waals surface area (Å²) in [5, 5.41) is 20.7. The molecule has 1 aromatic carbocycles. The Bertz CT molecular complexity index is 671. The first-order valence-corrected chi connectivity index (χ1v) is 5.46. The average Bonchev–Trinajstić information content (AvgIpc) is 2.41. The van der Waals surface area contributed by atoms with Crippen LogP contribution in [0, 0.1) is 5.82 Å². The molecule has 0 unspecified atom stereocenters. The van der Waals surface area contributed by atoms with E-state index >= 15 is 0 Å². The number of halogens is 1. The summed E-state index contributed by atoms with van der Waals surface area (Å²) in [5.74, 6) is -2.81. The van der Waals surface area contributed by atoms with Crippen LogP contribution in [0.25, 0.3) is 0 Å². The molecule has 0 saturated heterocycles. The lowest BCUT2D eigenvalue weighted by molar-refractivity contribution is 0.0696. The quantitative estimate of drug-likeness (QED) is 0.743. The second kappa shape index (κ2) is 5.35. The fourth-order valence-electron chi connectivity index (χ4n) is 1.47. The number of aromatic carboxylic acids is 1. The number of hydrogen-bond acceptors (Lipinski definition) is 4. The third-order valence-corrected chi connectivity index (χ3v) is 2.45. The van der Waals surface area contributed by atoms with Gasteiger partial charge in [-0.05, 0) is 30.3 Å². The minimum absolute atomic E-state index is 0.0334. The van der Waals surface area contributed by atoms with Gasteiger partial charge in [0.2, 0.25) is 0 Å². The fourth-order valence-corrected chi connectivity index (χ4v) is 1.47. The van der Waals surface area contributed by atoms with E-state index in [1.807, 2.05) is 0 Å². The summed E-state index contributed by atoms with van der Waals surface area (Å²) in [4.78, 5) is 26.1. The second-order valence-electron chi connectivity index (χ2n) is 3.85. The van der Waals surface area contributed by atoms with Crippen molar-refractivity contribution in [1.82, 2.24) is 4.98 Å². The van der Waals surface area contributed by atoms with Crippen LogP contribution in [0.15, 0.2) is 36.5 Å². The number of pyridine rings is 1. The minimum Gasteiger partial charge on any atom is -0.506 e. The Labute approximate surface area is 112 Å². The van der Waals surface area contributed by atoms with Gasteiger partial charge in [-0.1, -0.05) is 0 Å². The summed E-state index contributed by atoms with van der Waals surface area (Å²) < 4.78 is 12.7. The van der Waals surface area contributed by atoms with Crippen molar-refractivity contribution in [2.75, 3.05) is 5.32 Å². The van der Waals surface area contributed by atoms with Crippen molar-refractivity contribution in [3.8, 4) is 5.75 Å². The number of amides is 1. The highest BCUT2D eigenvalue weighted by Gasteiger charge is 2.12. The van der Waals surface area contributed by atoms with Crippen LogP contribution in [0.4, 0.5) is 10.1 Å². The molecule has 0 aliphatic carbocycles. The number of carboxylic acid groups (broad SMARTS) is 1. The molecule has 2 rings (SSSR count). The number of carbonyl (C=O) groups excluding carboxylic acids is 1. The Morgan fingerprint density at radius 1 is 1.20 bits per heavy atom. The fraction of sp³-hybridized carbons (Fsp3) is 0. The smallest absolute Gasteiger partial charge is 0.335 e. The molecule has 6 nitrogen and oxygen atoms in total. The zero-order chi connectivity index (χ0) is 14.7. The zero-order valence-electron chi connectivity index (χ0n) is 10.0. The first-order valence-electron chi connectivity index (χ1n) is 5.46. The normalized spacial score (nSPS) is 10.1. The maximum absolute atomic E-state index is 12.7. The number of carbonyl (C=O) groups is 2. The Kier molecular flexibility index (Phi) is 3.60. The molecule has 20 heavy (non-hydrogen) atoms. The number of aromatic nitrogens is 1. The lowest BCUT2D eigenvalue weighted by atomic mass is 10.2. The highest BCUT2D eigenvalue weighted by Crippen LogP contribution is 2.24. The summed E-state index contributed by atoms with van der Waals surface area (Å²) in [6.45, 7) is 0. The van der Waals surface area contributed by atoms with Gasteiger partial charge >= 0.3 is 5.97 Å². The number of rotatable bonds is 3. The minimum atomic E-state index is -1.20. The molecule has 0 radical (unpaired) electrons. The van der Waals surface area contributed by atoms with E-state index in [1.54, 1.807) is 0 Å². The molecule has 3 N–H and O–H groups in total. The average molecular weight is 276 g/mol. The van der Waals surface area contributed by atoms with E-state index in [0.29, 0.717) is 0 Å². The number of nitrogens with zero attached hydrogens (tertiary/aromatic N) is 1. The van der Waals surface area contributed by atoms with Gasteiger partial charge in [0, 0.05) is 0 Å². The van der Waals surface area contributed by atoms with Crippen molar-refractivity contribution >= 4 is 17.6 Å². The van der Waals surface area contributed by atoms with Crippen LogP contribution in [0.5, 0.6) is 5.75 Å². The van der Waals surface area contributed by atoms with Crippen molar-refractivity contribution in [3.63, 3.8) is 0 Å². The van der Waals surface area contributed by atoms with Gasteiger partial charge in [-0.25, -0.2) is 14.2 Å². The molecule has 7 heteroatoms. The van der Waals surface area contributed by atoms with Crippen molar-refractivity contribution in [1.29, 1.82) is 0 Å². The van der Waals surface area contributed by atoms with E-state index in [9.17, 15) is 19.1 Å². The molecular formula is C13H9FN2O4. The zero-order valence-corrected chi connectivity index (χ0v) is 10.0. The molecule has 1 heterocycles. The summed E-state index contributed by atoms with van der Waals surface area (Å²) in [6.07, 6.45) is 0.891. The van der Waals surface area contributed by atoms with Gasteiger partial charge in [0.15, 0.2) is 0 Å². The molecule has 0 aliphatic rings. The predicted octanol–water partition coefficient (Wildman–Crippen LogP) is 1.88. The molecule has 0 aliphatic heterocycles. The number of hydrogen-bond donors (Lipinski definition) is 3. The van der Waals surface area contributed by atoms with Gasteiger partial charge in [-0.3, -0.25) is 4.79 Å². The third kappa shape index (κ3) is 2.89. The molecule has 2 aromatic rings. The van der Waals surface area contributed by atoms with Crippen LogP contribution in [-0.2, 0) is 0 Å². The summed E-state index contributed by atoms with van der Waals surface area (Å²) in [6, 6.07) is 5.76. The van der Waals surface area contributed by atoms with Crippen molar-refractivity contribution in [2.24, 2.45) is 0 Å². The van der Waals surface area contributed by atoms with Crippen molar-refractivity contribution < 1.29 is 24.2 Å². The van der Waals surface area contributed by atoms with Crippen LogP contribution in [0.2, 0.25) is 0 Å². The highest BCUT2D eigenvalue weighted by molar-refractivity contribution is 6.04. The van der Waals surface area contributed by atoms with E-state index in [1.165, 1.54) is 18.2 Å². The second-order valence-corrected chi connectivity index (χ2v) is 3.85. The predicted molar refractivity (Wildman–Crippen MR) is 67.2 cm³/mol. The number of aromatic hydroxyl groups is 1. The largest absolute Gasteiger partial charge is 0.506 e. The van der Waals surface area contributed by atoms with Crippen LogP contribution < -0.4 is 5.32 Å². The highest BCUT2D eigenvalue weighted by atomic mass is 19.1. The van der Waals surface area contributed by atoms with Crippen LogP contribution in [-0.4, -0.2) is 27.1 Å². The molecule has 1 aromatic heterocycles. The van der Waals surface area contributed by atoms with E-state index in [4.69, 9.17) is 5.11 Å². The summed E-state index contributed by atoms with van der Waals surface area (Å²) in [5.41, 5.74) is -0.111. The maximum atomic E-state index is 12.7. The molecule has 102 valence electrons. The molecule has 1 amide bonds. The van der Waals surface area contributed by atoms with Gasteiger partial charge in [-0.15, -0.1) is 0 Å². The first-order chi connectivity index (χ1) is 9.47. The maximum Gasteiger partial charge on any atom is 0.335 e. The Morgan fingerprint density at radius 2 is 1.95 bits per heavy atom. The van der Waals surface area contributed by atoms with Gasteiger partial charge in [0.25, 0.3) is 5.91 Å².